The summed E-state index contributed by atoms with van der Waals surface area (Å²) in [5, 5.41) is 24.4. The SMILES string of the molecule is CNc1nc(C)nc(NCCCc2ccccc2)n1.CNc1nc(C)nc(NCCc2ccccc2)n1.CNc1nc(C)nc(NCc2ccccc2)n1.CNc1nc(C)nc(Nc2ccccc2)n1.Cc1nc(N)nc(N(C)CCCc2ccccc2)n1.Cc1nc(N)nc(N(C)CCc2ccccc2)n1.Cc1nc(N)nc(N(C)Cc2ccccc2)n1.Cc1nc(N)nc(N(C)c2ccccc2)n1. The quantitative estimate of drug-likeness (QED) is 0.0174. The van der Waals surface area contributed by atoms with Crippen molar-refractivity contribution in [2.75, 3.05) is 168 Å². The Labute approximate surface area is 819 Å². The Kier molecular flexibility index (Phi) is 44.1. The van der Waals surface area contributed by atoms with Gasteiger partial charge in [-0.2, -0.15) is 120 Å². The first kappa shape index (κ1) is 106. The smallest absolute Gasteiger partial charge is 0.234 e. The van der Waals surface area contributed by atoms with Crippen molar-refractivity contribution in [1.29, 1.82) is 0 Å². The van der Waals surface area contributed by atoms with Gasteiger partial charge in [0.05, 0.1) is 0 Å². The molecular weight excluding hydrogens is 1760 g/mol. The van der Waals surface area contributed by atoms with E-state index in [4.69, 9.17) is 22.9 Å². The number of likely N-dealkylation sites (N-methyl/N-ethyl adjacent to an activating group) is 1. The first-order valence-electron chi connectivity index (χ1n) is 45.5. The second-order valence-electron chi connectivity index (χ2n) is 31.2. The number of hydrogen-bond acceptors (Lipinski definition) is 40. The van der Waals surface area contributed by atoms with E-state index in [2.05, 4.69) is 259 Å². The first-order chi connectivity index (χ1) is 67.7. The number of para-hydroxylation sites is 2. The van der Waals surface area contributed by atoms with Crippen molar-refractivity contribution in [2.45, 2.75) is 107 Å². The molecule has 40 heteroatoms. The number of nitrogens with two attached hydrogens (primary N) is 4. The predicted octanol–water partition coefficient (Wildman–Crippen LogP) is 14.1. The molecule has 0 atom stereocenters. The molecule has 16 rings (SSSR count). The van der Waals surface area contributed by atoms with Crippen molar-refractivity contribution < 1.29 is 0 Å². The molecule has 140 heavy (non-hydrogen) atoms. The van der Waals surface area contributed by atoms with Crippen LogP contribution in [0.25, 0.3) is 0 Å². The molecule has 0 unspecified atom stereocenters. The molecule has 0 saturated heterocycles. The van der Waals surface area contributed by atoms with E-state index >= 15 is 0 Å². The molecule has 16 N–H and O–H groups in total. The molecule has 8 aromatic carbocycles. The molecule has 0 aliphatic carbocycles. The number of anilines is 18. The lowest BCUT2D eigenvalue weighted by molar-refractivity contribution is 0.759. The largest absolute Gasteiger partial charge is 0.368 e. The molecular formula is C100H128N40. The number of nitrogens with one attached hydrogen (secondary N) is 8. The lowest BCUT2D eigenvalue weighted by Crippen LogP contribution is -2.23. The minimum atomic E-state index is 0.241. The van der Waals surface area contributed by atoms with Gasteiger partial charge in [-0.05, 0) is 152 Å². The highest BCUT2D eigenvalue weighted by atomic mass is 15.3. The molecule has 0 saturated carbocycles. The molecule has 40 nitrogen and oxygen atoms in total. The molecule has 8 heterocycles. The van der Waals surface area contributed by atoms with Crippen LogP contribution in [0.3, 0.4) is 0 Å². The third kappa shape index (κ3) is 40.1. The summed E-state index contributed by atoms with van der Waals surface area (Å²) in [6.07, 6.45) is 6.08. The summed E-state index contributed by atoms with van der Waals surface area (Å²) in [6, 6.07) is 81.5. The minimum absolute atomic E-state index is 0.241. The number of benzene rings is 8. The van der Waals surface area contributed by atoms with E-state index in [1.807, 2.05) is 235 Å². The van der Waals surface area contributed by atoms with Crippen LogP contribution in [-0.4, -0.2) is 202 Å². The van der Waals surface area contributed by atoms with E-state index in [1.54, 1.807) is 42.0 Å². The molecule has 0 fully saturated rings. The predicted molar refractivity (Wildman–Crippen MR) is 562 cm³/mol. The van der Waals surface area contributed by atoms with Crippen molar-refractivity contribution in [3.63, 3.8) is 0 Å². The molecule has 0 spiro atoms. The van der Waals surface area contributed by atoms with E-state index in [0.717, 1.165) is 82.6 Å². The molecule has 0 aliphatic heterocycles. The van der Waals surface area contributed by atoms with Gasteiger partial charge < -0.3 is 85.1 Å². The average molecular weight is 1890 g/mol. The fourth-order valence-corrected chi connectivity index (χ4v) is 12.8. The molecule has 728 valence electrons. The van der Waals surface area contributed by atoms with Crippen LogP contribution in [0.5, 0.6) is 0 Å². The average Bonchev–Trinajstić information content (AvgIpc) is 0.835. The Morgan fingerprint density at radius 2 is 0.521 bits per heavy atom. The maximum Gasteiger partial charge on any atom is 0.234 e. The Morgan fingerprint density at radius 3 is 0.914 bits per heavy atom. The lowest BCUT2D eigenvalue weighted by atomic mass is 10.1. The van der Waals surface area contributed by atoms with Gasteiger partial charge in [-0.25, -0.2) is 0 Å². The number of aryl methyl sites for hydroxylation is 10. The van der Waals surface area contributed by atoms with E-state index in [1.165, 1.54) is 33.4 Å². The van der Waals surface area contributed by atoms with Gasteiger partial charge in [0, 0.05) is 107 Å². The van der Waals surface area contributed by atoms with Gasteiger partial charge in [-0.1, -0.05) is 218 Å². The number of nitrogens with zero attached hydrogens (tertiary/aromatic N) is 28. The second kappa shape index (κ2) is 58.0. The summed E-state index contributed by atoms with van der Waals surface area (Å²) in [7, 11) is 14.9. The van der Waals surface area contributed by atoms with Crippen molar-refractivity contribution >= 4 is 107 Å². The van der Waals surface area contributed by atoms with Crippen LogP contribution < -0.4 is 85.1 Å². The van der Waals surface area contributed by atoms with Gasteiger partial charge in [0.2, 0.25) is 95.2 Å². The highest BCUT2D eigenvalue weighted by Gasteiger charge is 2.15. The zero-order valence-electron chi connectivity index (χ0n) is 82.4. The molecule has 0 bridgehead atoms. The molecule has 16 aromatic rings. The number of nitrogen functional groups attached to an aromatic ring is 4. The Balaban J connectivity index is 0.000000179. The fourth-order valence-electron chi connectivity index (χ4n) is 12.8. The van der Waals surface area contributed by atoms with Crippen molar-refractivity contribution in [2.24, 2.45) is 0 Å². The van der Waals surface area contributed by atoms with Gasteiger partial charge in [-0.15, -0.1) is 0 Å². The van der Waals surface area contributed by atoms with Crippen LogP contribution in [0.1, 0.15) is 92.8 Å². The summed E-state index contributed by atoms with van der Waals surface area (Å²) in [4.78, 5) is 108. The van der Waals surface area contributed by atoms with Crippen LogP contribution >= 0.6 is 0 Å². The van der Waals surface area contributed by atoms with Gasteiger partial charge >= 0.3 is 0 Å². The van der Waals surface area contributed by atoms with Crippen LogP contribution in [0, 0.1) is 55.4 Å². The summed E-state index contributed by atoms with van der Waals surface area (Å²) in [5.74, 6) is 13.5. The normalized spacial score (nSPS) is 10.2. The van der Waals surface area contributed by atoms with Crippen LogP contribution in [0.4, 0.5) is 107 Å². The van der Waals surface area contributed by atoms with Crippen LogP contribution in [-0.2, 0) is 38.8 Å². The topological polar surface area (TPSA) is 523 Å². The summed E-state index contributed by atoms with van der Waals surface area (Å²) in [5.41, 5.74) is 32.1. The Morgan fingerprint density at radius 1 is 0.236 bits per heavy atom. The number of rotatable bonds is 32. The lowest BCUT2D eigenvalue weighted by Gasteiger charge is -2.17. The third-order valence-electron chi connectivity index (χ3n) is 19.6. The minimum Gasteiger partial charge on any atom is -0.368 e. The highest BCUT2D eigenvalue weighted by molar-refractivity contribution is 5.57. The van der Waals surface area contributed by atoms with Gasteiger partial charge in [0.25, 0.3) is 0 Å². The van der Waals surface area contributed by atoms with Crippen LogP contribution in [0.2, 0.25) is 0 Å². The van der Waals surface area contributed by atoms with E-state index in [9.17, 15) is 0 Å². The zero-order chi connectivity index (χ0) is 100. The Hall–Kier alpha value is -17.4. The summed E-state index contributed by atoms with van der Waals surface area (Å²) in [6.45, 7) is 19.4. The zero-order valence-corrected chi connectivity index (χ0v) is 82.4. The van der Waals surface area contributed by atoms with Crippen molar-refractivity contribution in [3.8, 4) is 0 Å². The molecule has 0 amide bonds. The second-order valence-corrected chi connectivity index (χ2v) is 31.2. The standard InChI is InChI=1S/2C14H19N5.2C13H17N5.2C12H15N5.2C11H13N5/c1-11-16-13(15)18-14(17-11)19(2)10-6-9-12-7-4-3-5-8-12;1-11-17-13(15-2)19-14(18-11)16-10-6-9-12-7-4-3-5-8-12;1-10-15-12(14)17-13(16-10)18(2)9-8-11-6-4-3-5-7-11;1-10-16-12(14-2)18-13(17-10)15-9-8-11-6-4-3-5-7-11;1-9-14-11(13)16-12(15-9)17(2)8-10-6-4-3-5-7-10;1-9-15-11(13-2)17-12(16-9)14-8-10-6-4-3-5-7-10;1-8-13-10(12)15-11(14-8)16(2)9-6-4-3-5-7-9;1-8-13-10(12-2)16-11(14-8)15-9-6-4-3-5-7-9/h3-5,7-8H,6,9-10H2,1-2H3,(H2,15,16,17,18);3-5,7-8H,6,9-10H2,1-2H3,(H2,15,16,17,18,19);3-7H,8-9H2,1-2H3,(H2,14,15,16,17);3-7H,8-9H2,1-2H3,(H2,14,15,16,17,18);3-7H,8H2,1-2H3,(H2,13,14,15,16);3-7H,8H2,1-2H3,(H2,13,14,15,16,17);3-7H,1-2H3,(H2,12,13,14,15);3-7H,1-2H3,(H2,12,13,14,15,16). The van der Waals surface area contributed by atoms with E-state index in [0.29, 0.717) is 125 Å². The van der Waals surface area contributed by atoms with Gasteiger partial charge in [0.15, 0.2) is 0 Å². The monoisotopic (exact) mass is 1890 g/mol. The summed E-state index contributed by atoms with van der Waals surface area (Å²) >= 11 is 0. The van der Waals surface area contributed by atoms with Crippen molar-refractivity contribution in [3.05, 3.63) is 323 Å². The van der Waals surface area contributed by atoms with Crippen molar-refractivity contribution in [1.82, 2.24) is 120 Å². The number of aromatic nitrogens is 24. The van der Waals surface area contributed by atoms with E-state index < -0.39 is 0 Å². The fraction of sp³-hybridized carbons (Fsp3) is 0.280. The molecule has 8 aromatic heterocycles. The Bertz CT molecular complexity index is 6180. The third-order valence-corrected chi connectivity index (χ3v) is 19.6. The van der Waals surface area contributed by atoms with Gasteiger partial charge in [0.1, 0.15) is 46.6 Å². The highest BCUT2D eigenvalue weighted by Crippen LogP contribution is 2.22. The maximum atomic E-state index is 5.63. The molecule has 0 aliphatic rings. The molecule has 0 radical (unpaired) electrons. The van der Waals surface area contributed by atoms with Gasteiger partial charge in [-0.3, -0.25) is 0 Å². The maximum absolute atomic E-state index is 5.63. The van der Waals surface area contributed by atoms with E-state index in [-0.39, 0.29) is 23.8 Å². The summed E-state index contributed by atoms with van der Waals surface area (Å²) < 4.78 is 0. The first-order valence-corrected chi connectivity index (χ1v) is 45.5. The number of hydrogen-bond donors (Lipinski definition) is 12. The van der Waals surface area contributed by atoms with Crippen LogP contribution in [0.15, 0.2) is 243 Å².